The largest absolute Gasteiger partial charge is 0.373 e. The van der Waals surface area contributed by atoms with Crippen molar-refractivity contribution in [3.05, 3.63) is 35.4 Å². The van der Waals surface area contributed by atoms with E-state index in [1.54, 1.807) is 0 Å². The highest BCUT2D eigenvalue weighted by Gasteiger charge is 2.28. The average Bonchev–Trinajstić information content (AvgIpc) is 2.46. The third-order valence-electron chi connectivity index (χ3n) is 3.89. The van der Waals surface area contributed by atoms with Crippen LogP contribution in [0.4, 0.5) is 0 Å². The Hall–Kier alpha value is -0.910. The van der Waals surface area contributed by atoms with Crippen molar-refractivity contribution in [3.63, 3.8) is 0 Å². The summed E-state index contributed by atoms with van der Waals surface area (Å²) < 4.78 is 32.3. The second-order valence-electron chi connectivity index (χ2n) is 5.77. The number of hydrogen-bond acceptors (Lipinski definition) is 3. The molecule has 0 saturated carbocycles. The molecule has 0 aliphatic carbocycles. The van der Waals surface area contributed by atoms with E-state index in [-0.39, 0.29) is 17.8 Å². The van der Waals surface area contributed by atoms with Gasteiger partial charge in [0.25, 0.3) is 0 Å². The summed E-state index contributed by atoms with van der Waals surface area (Å²) in [6, 6.07) is 8.31. The molecule has 21 heavy (non-hydrogen) atoms. The van der Waals surface area contributed by atoms with Gasteiger partial charge in [0, 0.05) is 19.1 Å². The van der Waals surface area contributed by atoms with Crippen molar-refractivity contribution in [2.75, 3.05) is 18.9 Å². The van der Waals surface area contributed by atoms with E-state index >= 15 is 0 Å². The summed E-state index contributed by atoms with van der Waals surface area (Å²) in [5.41, 5.74) is 2.36. The molecule has 0 spiro atoms. The fraction of sp³-hybridized carbons (Fsp3) is 0.625. The van der Waals surface area contributed by atoms with E-state index < -0.39 is 10.0 Å². The summed E-state index contributed by atoms with van der Waals surface area (Å²) in [5.74, 6) is 0.392. The maximum absolute atomic E-state index is 11.8. The van der Waals surface area contributed by atoms with Gasteiger partial charge in [-0.1, -0.05) is 36.8 Å². The first-order valence-electron chi connectivity index (χ1n) is 7.67. The smallest absolute Gasteiger partial charge is 0.211 e. The van der Waals surface area contributed by atoms with Crippen LogP contribution >= 0.6 is 0 Å². The van der Waals surface area contributed by atoms with Crippen LogP contribution in [-0.2, 0) is 14.8 Å². The minimum absolute atomic E-state index is 0.0105. The fourth-order valence-electron chi connectivity index (χ4n) is 2.75. The van der Waals surface area contributed by atoms with Gasteiger partial charge in [-0.2, -0.15) is 0 Å². The molecule has 1 fully saturated rings. The number of nitrogens with one attached hydrogen (secondary N) is 1. The van der Waals surface area contributed by atoms with Crippen LogP contribution in [0.1, 0.15) is 43.4 Å². The zero-order valence-corrected chi connectivity index (χ0v) is 13.7. The number of ether oxygens (including phenoxy) is 1. The molecule has 1 aliphatic rings. The van der Waals surface area contributed by atoms with Crippen molar-refractivity contribution in [3.8, 4) is 0 Å². The van der Waals surface area contributed by atoms with E-state index in [2.05, 4.69) is 35.9 Å². The van der Waals surface area contributed by atoms with Gasteiger partial charge in [-0.15, -0.1) is 0 Å². The molecule has 1 heterocycles. The number of sulfonamides is 1. The Balaban J connectivity index is 2.04. The summed E-state index contributed by atoms with van der Waals surface area (Å²) >= 11 is 0. The highest BCUT2D eigenvalue weighted by Crippen LogP contribution is 2.33. The molecular weight excluding hydrogens is 286 g/mol. The third-order valence-corrected chi connectivity index (χ3v) is 5.44. The average molecular weight is 311 g/mol. The molecule has 0 unspecified atom stereocenters. The van der Waals surface area contributed by atoms with Crippen molar-refractivity contribution in [1.82, 2.24) is 4.72 Å². The van der Waals surface area contributed by atoms with Crippen LogP contribution in [0.15, 0.2) is 24.3 Å². The van der Waals surface area contributed by atoms with Crippen LogP contribution in [-0.4, -0.2) is 27.3 Å². The first-order chi connectivity index (χ1) is 10.0. The van der Waals surface area contributed by atoms with Crippen molar-refractivity contribution in [1.29, 1.82) is 0 Å². The van der Waals surface area contributed by atoms with Gasteiger partial charge in [-0.05, 0) is 31.7 Å². The zero-order chi connectivity index (χ0) is 15.3. The third kappa shape index (κ3) is 4.80. The topological polar surface area (TPSA) is 55.4 Å². The maximum atomic E-state index is 11.8. The predicted octanol–water partition coefficient (Wildman–Crippen LogP) is 2.79. The molecule has 1 aromatic rings. The molecule has 5 heteroatoms. The molecule has 1 aliphatic heterocycles. The summed E-state index contributed by atoms with van der Waals surface area (Å²) in [6.07, 6.45) is 2.61. The molecule has 2 rings (SSSR count). The van der Waals surface area contributed by atoms with Crippen LogP contribution in [0.3, 0.4) is 0 Å². The molecule has 1 N–H and O–H groups in total. The summed E-state index contributed by atoms with van der Waals surface area (Å²) in [7, 11) is -3.15. The van der Waals surface area contributed by atoms with Gasteiger partial charge in [-0.25, -0.2) is 13.1 Å². The highest BCUT2D eigenvalue weighted by atomic mass is 32.2. The standard InChI is InChI=1S/C16H25NO3S/c1-3-11-21(18,19)17-12-15-5-4-10-20-16(15)14-8-6-13(2)7-9-14/h6-9,15-17H,3-5,10-12H2,1-2H3/t15-,16-/m0/s1. The molecule has 0 amide bonds. The molecule has 2 atom stereocenters. The Morgan fingerprint density at radius 1 is 1.29 bits per heavy atom. The summed E-state index contributed by atoms with van der Waals surface area (Å²) in [5, 5.41) is 0. The fourth-order valence-corrected chi connectivity index (χ4v) is 3.90. The SMILES string of the molecule is CCCS(=O)(=O)NC[C@@H]1CCCO[C@H]1c1ccc(C)cc1. The van der Waals surface area contributed by atoms with E-state index in [0.29, 0.717) is 13.0 Å². The predicted molar refractivity (Wildman–Crippen MR) is 84.7 cm³/mol. The zero-order valence-electron chi connectivity index (χ0n) is 12.8. The van der Waals surface area contributed by atoms with Gasteiger partial charge in [0.1, 0.15) is 0 Å². The Labute approximate surface area is 127 Å². The molecule has 0 bridgehead atoms. The number of aryl methyl sites for hydroxylation is 1. The van der Waals surface area contributed by atoms with Crippen LogP contribution < -0.4 is 4.72 Å². The van der Waals surface area contributed by atoms with Crippen LogP contribution in [0.5, 0.6) is 0 Å². The molecule has 118 valence electrons. The van der Waals surface area contributed by atoms with Gasteiger partial charge >= 0.3 is 0 Å². The molecule has 4 nitrogen and oxygen atoms in total. The molecule has 1 aromatic carbocycles. The van der Waals surface area contributed by atoms with Crippen molar-refractivity contribution in [2.24, 2.45) is 5.92 Å². The van der Waals surface area contributed by atoms with Crippen LogP contribution in [0, 0.1) is 12.8 Å². The lowest BCUT2D eigenvalue weighted by Gasteiger charge is -2.32. The normalized spacial score (nSPS) is 23.1. The van der Waals surface area contributed by atoms with Crippen molar-refractivity contribution >= 4 is 10.0 Å². The first-order valence-corrected chi connectivity index (χ1v) is 9.32. The van der Waals surface area contributed by atoms with E-state index in [1.165, 1.54) is 5.56 Å². The Morgan fingerprint density at radius 2 is 2.00 bits per heavy atom. The Morgan fingerprint density at radius 3 is 2.67 bits per heavy atom. The quantitative estimate of drug-likeness (QED) is 0.879. The van der Waals surface area contributed by atoms with Crippen LogP contribution in [0.25, 0.3) is 0 Å². The number of rotatable bonds is 6. The summed E-state index contributed by atoms with van der Waals surface area (Å²) in [6.45, 7) is 5.14. The lowest BCUT2D eigenvalue weighted by atomic mass is 9.89. The Kier molecular flexibility index (Phi) is 5.79. The molecule has 0 aromatic heterocycles. The Bertz CT molecular complexity index is 539. The second-order valence-corrected chi connectivity index (χ2v) is 7.70. The first kappa shape index (κ1) is 16.5. The molecule has 0 radical (unpaired) electrons. The van der Waals surface area contributed by atoms with E-state index in [1.807, 2.05) is 6.92 Å². The van der Waals surface area contributed by atoms with Crippen molar-refractivity contribution in [2.45, 2.75) is 39.2 Å². The minimum Gasteiger partial charge on any atom is -0.373 e. The van der Waals surface area contributed by atoms with Gasteiger partial charge in [0.05, 0.1) is 11.9 Å². The summed E-state index contributed by atoms with van der Waals surface area (Å²) in [4.78, 5) is 0. The van der Waals surface area contributed by atoms with E-state index in [4.69, 9.17) is 4.74 Å². The van der Waals surface area contributed by atoms with Gasteiger partial charge in [-0.3, -0.25) is 0 Å². The van der Waals surface area contributed by atoms with E-state index in [9.17, 15) is 8.42 Å². The van der Waals surface area contributed by atoms with Gasteiger partial charge in [0.15, 0.2) is 0 Å². The van der Waals surface area contributed by atoms with Crippen molar-refractivity contribution < 1.29 is 13.2 Å². The maximum Gasteiger partial charge on any atom is 0.211 e. The van der Waals surface area contributed by atoms with Crippen LogP contribution in [0.2, 0.25) is 0 Å². The number of benzene rings is 1. The minimum atomic E-state index is -3.15. The molecular formula is C16H25NO3S. The van der Waals surface area contributed by atoms with Gasteiger partial charge in [0.2, 0.25) is 10.0 Å². The second kappa shape index (κ2) is 7.38. The lowest BCUT2D eigenvalue weighted by Crippen LogP contribution is -2.36. The highest BCUT2D eigenvalue weighted by molar-refractivity contribution is 7.89. The molecule has 1 saturated heterocycles. The van der Waals surface area contributed by atoms with E-state index in [0.717, 1.165) is 25.0 Å². The number of hydrogen-bond donors (Lipinski definition) is 1. The monoisotopic (exact) mass is 311 g/mol. The van der Waals surface area contributed by atoms with Gasteiger partial charge < -0.3 is 4.74 Å². The lowest BCUT2D eigenvalue weighted by molar-refractivity contribution is -0.0262.